The van der Waals surface area contributed by atoms with Crippen LogP contribution in [0.25, 0.3) is 0 Å². The molecule has 2 heterocycles. The minimum atomic E-state index is 0. The van der Waals surface area contributed by atoms with E-state index >= 15 is 0 Å². The summed E-state index contributed by atoms with van der Waals surface area (Å²) in [6, 6.07) is 9.79. The maximum absolute atomic E-state index is 12.6. The SMILES string of the molecule is CN(C(=O)C1CCN(Cc2cnc(N)s2)C1)c1ccccc1.Cl. The fourth-order valence-corrected chi connectivity index (χ4v) is 3.57. The lowest BCUT2D eigenvalue weighted by Gasteiger charge is -2.21. The fourth-order valence-electron chi connectivity index (χ4n) is 2.85. The summed E-state index contributed by atoms with van der Waals surface area (Å²) in [4.78, 5) is 21.9. The van der Waals surface area contributed by atoms with Gasteiger partial charge in [0.25, 0.3) is 0 Å². The van der Waals surface area contributed by atoms with Gasteiger partial charge in [0.2, 0.25) is 5.91 Å². The summed E-state index contributed by atoms with van der Waals surface area (Å²) in [5.74, 6) is 0.257. The zero-order valence-corrected chi connectivity index (χ0v) is 14.6. The molecule has 1 fully saturated rings. The number of nitrogens with two attached hydrogens (primary N) is 1. The Bertz CT molecular complexity index is 649. The number of nitrogen functional groups attached to an aromatic ring is 1. The number of likely N-dealkylation sites (tertiary alicyclic amines) is 1. The Hall–Kier alpha value is -1.63. The van der Waals surface area contributed by atoms with E-state index in [2.05, 4.69) is 9.88 Å². The van der Waals surface area contributed by atoms with Crippen LogP contribution in [0.15, 0.2) is 36.5 Å². The highest BCUT2D eigenvalue weighted by Gasteiger charge is 2.30. The minimum absolute atomic E-state index is 0. The van der Waals surface area contributed by atoms with Crippen molar-refractivity contribution in [1.82, 2.24) is 9.88 Å². The van der Waals surface area contributed by atoms with Gasteiger partial charge in [0.05, 0.1) is 5.92 Å². The number of anilines is 2. The van der Waals surface area contributed by atoms with Crippen LogP contribution in [-0.4, -0.2) is 35.9 Å². The third kappa shape index (κ3) is 4.22. The molecule has 2 N–H and O–H groups in total. The van der Waals surface area contributed by atoms with Crippen molar-refractivity contribution in [2.24, 2.45) is 5.92 Å². The van der Waals surface area contributed by atoms with Gasteiger partial charge in [-0.2, -0.15) is 0 Å². The second-order valence-electron chi connectivity index (χ2n) is 5.62. The Kier molecular flexibility index (Phi) is 5.98. The van der Waals surface area contributed by atoms with Crippen LogP contribution in [0.2, 0.25) is 0 Å². The van der Waals surface area contributed by atoms with Crippen LogP contribution in [0.1, 0.15) is 11.3 Å². The number of nitrogens with zero attached hydrogens (tertiary/aromatic N) is 3. The number of aromatic nitrogens is 1. The van der Waals surface area contributed by atoms with Crippen molar-refractivity contribution in [1.29, 1.82) is 0 Å². The standard InChI is InChI=1S/C16H20N4OS.ClH/c1-19(13-5-3-2-4-6-13)15(21)12-7-8-20(10-12)11-14-9-18-16(17)22-14;/h2-6,9,12H,7-8,10-11H2,1H3,(H2,17,18);1H. The van der Waals surface area contributed by atoms with Crippen LogP contribution < -0.4 is 10.6 Å². The molecule has 1 aromatic carbocycles. The molecule has 1 aromatic heterocycles. The average Bonchev–Trinajstić information content (AvgIpc) is 3.16. The van der Waals surface area contributed by atoms with Gasteiger partial charge < -0.3 is 10.6 Å². The summed E-state index contributed by atoms with van der Waals surface area (Å²) in [6.45, 7) is 2.57. The predicted octanol–water partition coefficient (Wildman–Crippen LogP) is 2.63. The molecule has 23 heavy (non-hydrogen) atoms. The highest BCUT2D eigenvalue weighted by atomic mass is 35.5. The van der Waals surface area contributed by atoms with E-state index < -0.39 is 0 Å². The van der Waals surface area contributed by atoms with Gasteiger partial charge >= 0.3 is 0 Å². The van der Waals surface area contributed by atoms with Crippen molar-refractivity contribution in [2.75, 3.05) is 30.8 Å². The van der Waals surface area contributed by atoms with Gasteiger partial charge in [0.1, 0.15) is 0 Å². The van der Waals surface area contributed by atoms with Crippen molar-refractivity contribution in [2.45, 2.75) is 13.0 Å². The molecule has 1 saturated heterocycles. The number of hydrogen-bond donors (Lipinski definition) is 1. The van der Waals surface area contributed by atoms with Crippen LogP contribution in [0.5, 0.6) is 0 Å². The summed E-state index contributed by atoms with van der Waals surface area (Å²) in [7, 11) is 1.85. The molecule has 0 saturated carbocycles. The fraction of sp³-hybridized carbons (Fsp3) is 0.375. The van der Waals surface area contributed by atoms with Crippen molar-refractivity contribution < 1.29 is 4.79 Å². The number of amides is 1. The first kappa shape index (κ1) is 17.7. The molecule has 0 bridgehead atoms. The first-order valence-electron chi connectivity index (χ1n) is 7.38. The molecule has 1 atom stereocenters. The van der Waals surface area contributed by atoms with E-state index in [9.17, 15) is 4.79 Å². The molecule has 1 amide bonds. The molecule has 0 aliphatic carbocycles. The predicted molar refractivity (Wildman–Crippen MR) is 97.0 cm³/mol. The summed E-state index contributed by atoms with van der Waals surface area (Å²) in [5.41, 5.74) is 6.61. The number of thiazole rings is 1. The van der Waals surface area contributed by atoms with Crippen LogP contribution in [0.4, 0.5) is 10.8 Å². The second kappa shape index (κ2) is 7.77. The molecular formula is C16H21ClN4OS. The molecule has 2 aromatic rings. The smallest absolute Gasteiger partial charge is 0.231 e. The van der Waals surface area contributed by atoms with E-state index in [1.165, 1.54) is 11.3 Å². The number of carbonyl (C=O) groups excluding carboxylic acids is 1. The largest absolute Gasteiger partial charge is 0.375 e. The molecule has 7 heteroatoms. The minimum Gasteiger partial charge on any atom is -0.375 e. The quantitative estimate of drug-likeness (QED) is 0.918. The highest BCUT2D eigenvalue weighted by Crippen LogP contribution is 2.24. The number of hydrogen-bond acceptors (Lipinski definition) is 5. The van der Waals surface area contributed by atoms with E-state index in [1.54, 1.807) is 4.90 Å². The van der Waals surface area contributed by atoms with Gasteiger partial charge in [-0.15, -0.1) is 23.7 Å². The zero-order chi connectivity index (χ0) is 15.5. The van der Waals surface area contributed by atoms with Crippen molar-refractivity contribution in [3.05, 3.63) is 41.4 Å². The van der Waals surface area contributed by atoms with E-state index in [-0.39, 0.29) is 24.2 Å². The lowest BCUT2D eigenvalue weighted by molar-refractivity contribution is -0.121. The molecule has 5 nitrogen and oxygen atoms in total. The summed E-state index contributed by atoms with van der Waals surface area (Å²) < 4.78 is 0. The van der Waals surface area contributed by atoms with Gasteiger partial charge in [-0.05, 0) is 25.1 Å². The second-order valence-corrected chi connectivity index (χ2v) is 6.77. The first-order chi connectivity index (χ1) is 10.6. The van der Waals surface area contributed by atoms with Crippen LogP contribution in [0, 0.1) is 5.92 Å². The Morgan fingerprint density at radius 2 is 2.17 bits per heavy atom. The molecular weight excluding hydrogens is 332 g/mol. The molecule has 1 unspecified atom stereocenters. The Labute approximate surface area is 146 Å². The molecule has 0 radical (unpaired) electrons. The number of rotatable bonds is 4. The summed E-state index contributed by atoms with van der Waals surface area (Å²) in [5, 5.41) is 0.602. The van der Waals surface area contributed by atoms with Crippen molar-refractivity contribution >= 4 is 40.5 Å². The lowest BCUT2D eigenvalue weighted by atomic mass is 10.1. The van der Waals surface area contributed by atoms with E-state index in [0.717, 1.165) is 36.6 Å². The highest BCUT2D eigenvalue weighted by molar-refractivity contribution is 7.15. The first-order valence-corrected chi connectivity index (χ1v) is 8.20. The van der Waals surface area contributed by atoms with Gasteiger partial charge in [-0.3, -0.25) is 9.69 Å². The normalized spacial score (nSPS) is 17.7. The molecule has 0 spiro atoms. The molecule has 124 valence electrons. The third-order valence-electron chi connectivity index (χ3n) is 4.05. The van der Waals surface area contributed by atoms with Gasteiger partial charge in [0.15, 0.2) is 5.13 Å². The third-order valence-corrected chi connectivity index (χ3v) is 4.86. The van der Waals surface area contributed by atoms with Crippen LogP contribution in [0.3, 0.4) is 0 Å². The zero-order valence-electron chi connectivity index (χ0n) is 13.0. The van der Waals surface area contributed by atoms with E-state index in [4.69, 9.17) is 5.73 Å². The Morgan fingerprint density at radius 1 is 1.43 bits per heavy atom. The lowest BCUT2D eigenvalue weighted by Crippen LogP contribution is -2.34. The maximum atomic E-state index is 12.6. The molecule has 1 aliphatic rings. The van der Waals surface area contributed by atoms with Crippen molar-refractivity contribution in [3.8, 4) is 0 Å². The summed E-state index contributed by atoms with van der Waals surface area (Å²) >= 11 is 1.52. The average molecular weight is 353 g/mol. The molecule has 1 aliphatic heterocycles. The number of benzene rings is 1. The number of para-hydroxylation sites is 1. The topological polar surface area (TPSA) is 62.5 Å². The Morgan fingerprint density at radius 3 is 2.83 bits per heavy atom. The van der Waals surface area contributed by atoms with E-state index in [0.29, 0.717) is 5.13 Å². The monoisotopic (exact) mass is 352 g/mol. The van der Waals surface area contributed by atoms with Crippen molar-refractivity contribution in [3.63, 3.8) is 0 Å². The Balaban J connectivity index is 0.00000192. The number of halogens is 1. The molecule has 3 rings (SSSR count). The van der Waals surface area contributed by atoms with Gasteiger partial charge in [-0.25, -0.2) is 4.98 Å². The van der Waals surface area contributed by atoms with Gasteiger partial charge in [-0.1, -0.05) is 18.2 Å². The van der Waals surface area contributed by atoms with Crippen LogP contribution in [-0.2, 0) is 11.3 Å². The van der Waals surface area contributed by atoms with E-state index in [1.807, 2.05) is 43.6 Å². The van der Waals surface area contributed by atoms with Gasteiger partial charge in [0, 0.05) is 36.9 Å². The van der Waals surface area contributed by atoms with Crippen LogP contribution >= 0.6 is 23.7 Å². The number of carbonyl (C=O) groups is 1. The summed E-state index contributed by atoms with van der Waals surface area (Å²) in [6.07, 6.45) is 2.73. The maximum Gasteiger partial charge on any atom is 0.231 e.